The molecule has 1 aliphatic rings. The predicted octanol–water partition coefficient (Wildman–Crippen LogP) is 5.34. The van der Waals surface area contributed by atoms with Gasteiger partial charge in [0.1, 0.15) is 0 Å². The second-order valence-corrected chi connectivity index (χ2v) is 9.60. The quantitative estimate of drug-likeness (QED) is 0.168. The van der Waals surface area contributed by atoms with Crippen LogP contribution in [0.2, 0.25) is 0 Å². The fraction of sp³-hybridized carbons (Fsp3) is 0.207. The van der Waals surface area contributed by atoms with Crippen LogP contribution in [0, 0.1) is 10.1 Å². The molecule has 0 saturated carbocycles. The van der Waals surface area contributed by atoms with Crippen LogP contribution in [-0.2, 0) is 11.2 Å². The lowest BCUT2D eigenvalue weighted by Gasteiger charge is -2.29. The van der Waals surface area contributed by atoms with E-state index in [0.29, 0.717) is 17.3 Å². The first-order valence-corrected chi connectivity index (χ1v) is 13.1. The number of amides is 1. The first-order valence-electron chi connectivity index (χ1n) is 12.7. The number of nitro groups is 1. The SMILES string of the molecule is CCc1ccccc1NC(=O)CCN1C(=S)NC(c2ccccn2)C1c1cccn1-c1cccc([N+](=O)[O-])c1. The summed E-state index contributed by atoms with van der Waals surface area (Å²) in [7, 11) is 0. The summed E-state index contributed by atoms with van der Waals surface area (Å²) in [5.74, 6) is -0.104. The lowest BCUT2D eigenvalue weighted by molar-refractivity contribution is -0.384. The number of nitrogens with one attached hydrogen (secondary N) is 2. The summed E-state index contributed by atoms with van der Waals surface area (Å²) in [6.45, 7) is 2.43. The molecule has 2 atom stereocenters. The maximum absolute atomic E-state index is 13.0. The molecule has 0 radical (unpaired) electrons. The number of pyridine rings is 1. The van der Waals surface area contributed by atoms with Crippen molar-refractivity contribution in [3.63, 3.8) is 0 Å². The number of aryl methyl sites for hydroxylation is 1. The normalized spacial score (nSPS) is 16.6. The first kappa shape index (κ1) is 26.1. The average molecular weight is 541 g/mol. The van der Waals surface area contributed by atoms with E-state index in [9.17, 15) is 14.9 Å². The zero-order valence-electron chi connectivity index (χ0n) is 21.4. The van der Waals surface area contributed by atoms with Crippen molar-refractivity contribution in [2.45, 2.75) is 31.8 Å². The number of benzene rings is 2. The second kappa shape index (κ2) is 11.4. The van der Waals surface area contributed by atoms with Crippen molar-refractivity contribution < 1.29 is 9.72 Å². The van der Waals surface area contributed by atoms with Gasteiger partial charge < -0.3 is 20.1 Å². The number of para-hydroxylation sites is 1. The van der Waals surface area contributed by atoms with Crippen LogP contribution in [0.3, 0.4) is 0 Å². The molecule has 10 heteroatoms. The van der Waals surface area contributed by atoms with Gasteiger partial charge in [0, 0.05) is 48.9 Å². The first-order chi connectivity index (χ1) is 19.0. The molecule has 2 aromatic heterocycles. The van der Waals surface area contributed by atoms with E-state index < -0.39 is 4.92 Å². The molecule has 5 rings (SSSR count). The van der Waals surface area contributed by atoms with Crippen molar-refractivity contribution in [2.75, 3.05) is 11.9 Å². The Labute approximate surface area is 231 Å². The van der Waals surface area contributed by atoms with Gasteiger partial charge in [-0.1, -0.05) is 37.3 Å². The minimum absolute atomic E-state index is 0.00869. The number of thiocarbonyl (C=S) groups is 1. The molecule has 1 saturated heterocycles. The highest BCUT2D eigenvalue weighted by molar-refractivity contribution is 7.80. The molecule has 3 heterocycles. The highest BCUT2D eigenvalue weighted by Crippen LogP contribution is 2.39. The molecule has 39 heavy (non-hydrogen) atoms. The summed E-state index contributed by atoms with van der Waals surface area (Å²) in [6.07, 6.45) is 4.65. The zero-order chi connectivity index (χ0) is 27.4. The molecule has 1 amide bonds. The largest absolute Gasteiger partial charge is 0.352 e. The van der Waals surface area contributed by atoms with Crippen molar-refractivity contribution in [1.29, 1.82) is 0 Å². The van der Waals surface area contributed by atoms with Crippen LogP contribution in [0.25, 0.3) is 5.69 Å². The predicted molar refractivity (Wildman–Crippen MR) is 154 cm³/mol. The van der Waals surface area contributed by atoms with Gasteiger partial charge in [-0.15, -0.1) is 0 Å². The number of non-ortho nitro benzene ring substituents is 1. The van der Waals surface area contributed by atoms with E-state index in [1.807, 2.05) is 76.3 Å². The van der Waals surface area contributed by atoms with Crippen LogP contribution in [0.15, 0.2) is 91.3 Å². The van der Waals surface area contributed by atoms with Crippen molar-refractivity contribution >= 4 is 34.6 Å². The number of anilines is 1. The molecule has 4 aromatic rings. The highest BCUT2D eigenvalue weighted by Gasteiger charge is 2.41. The number of hydrogen-bond donors (Lipinski definition) is 2. The van der Waals surface area contributed by atoms with E-state index in [2.05, 4.69) is 22.5 Å². The highest BCUT2D eigenvalue weighted by atomic mass is 32.1. The van der Waals surface area contributed by atoms with Gasteiger partial charge in [0.25, 0.3) is 5.69 Å². The van der Waals surface area contributed by atoms with Crippen molar-refractivity contribution in [3.05, 3.63) is 118 Å². The molecule has 2 aromatic carbocycles. The third-order valence-electron chi connectivity index (χ3n) is 6.85. The molecule has 0 spiro atoms. The van der Waals surface area contributed by atoms with E-state index in [0.717, 1.165) is 29.1 Å². The third-order valence-corrected chi connectivity index (χ3v) is 7.20. The zero-order valence-corrected chi connectivity index (χ0v) is 22.2. The summed E-state index contributed by atoms with van der Waals surface area (Å²) in [5, 5.41) is 18.4. The Balaban J connectivity index is 1.46. The summed E-state index contributed by atoms with van der Waals surface area (Å²) in [6, 6.07) is 23.3. The van der Waals surface area contributed by atoms with E-state index in [-0.39, 0.29) is 30.1 Å². The van der Waals surface area contributed by atoms with Crippen LogP contribution >= 0.6 is 12.2 Å². The van der Waals surface area contributed by atoms with Gasteiger partial charge in [-0.2, -0.15) is 0 Å². The number of carbonyl (C=O) groups excluding carboxylic acids is 1. The molecule has 0 bridgehead atoms. The van der Waals surface area contributed by atoms with Crippen LogP contribution in [0.4, 0.5) is 11.4 Å². The lowest BCUT2D eigenvalue weighted by atomic mass is 10.0. The summed E-state index contributed by atoms with van der Waals surface area (Å²) < 4.78 is 1.92. The summed E-state index contributed by atoms with van der Waals surface area (Å²) in [4.78, 5) is 30.6. The Kier molecular flexibility index (Phi) is 7.64. The van der Waals surface area contributed by atoms with E-state index >= 15 is 0 Å². The maximum Gasteiger partial charge on any atom is 0.271 e. The third kappa shape index (κ3) is 5.51. The number of rotatable bonds is 9. The Morgan fingerprint density at radius 2 is 1.92 bits per heavy atom. The average Bonchev–Trinajstić information content (AvgIpc) is 3.57. The number of nitro benzene ring substituents is 1. The number of carbonyl (C=O) groups is 1. The fourth-order valence-electron chi connectivity index (χ4n) is 4.98. The van der Waals surface area contributed by atoms with Gasteiger partial charge >= 0.3 is 0 Å². The summed E-state index contributed by atoms with van der Waals surface area (Å²) in [5.41, 5.74) is 4.24. The molecule has 2 N–H and O–H groups in total. The van der Waals surface area contributed by atoms with E-state index in [1.165, 1.54) is 6.07 Å². The fourth-order valence-corrected chi connectivity index (χ4v) is 5.31. The Bertz CT molecular complexity index is 1510. The molecule has 9 nitrogen and oxygen atoms in total. The molecule has 1 fully saturated rings. The van der Waals surface area contributed by atoms with Gasteiger partial charge in [-0.25, -0.2) is 0 Å². The second-order valence-electron chi connectivity index (χ2n) is 9.21. The number of aromatic nitrogens is 2. The van der Waals surface area contributed by atoms with E-state index in [4.69, 9.17) is 12.2 Å². The van der Waals surface area contributed by atoms with Gasteiger partial charge in [-0.3, -0.25) is 19.9 Å². The monoisotopic (exact) mass is 540 g/mol. The van der Waals surface area contributed by atoms with Crippen molar-refractivity contribution in [2.24, 2.45) is 0 Å². The minimum Gasteiger partial charge on any atom is -0.352 e. The molecular formula is C29H28N6O3S. The van der Waals surface area contributed by atoms with Crippen LogP contribution < -0.4 is 10.6 Å². The van der Waals surface area contributed by atoms with E-state index in [1.54, 1.807) is 18.3 Å². The van der Waals surface area contributed by atoms with Gasteiger partial charge in [0.15, 0.2) is 5.11 Å². The molecule has 1 aliphatic heterocycles. The molecule has 2 unspecified atom stereocenters. The summed E-state index contributed by atoms with van der Waals surface area (Å²) >= 11 is 5.76. The molecule has 0 aliphatic carbocycles. The Hall–Kier alpha value is -4.57. The van der Waals surface area contributed by atoms with Crippen molar-refractivity contribution in [1.82, 2.24) is 19.8 Å². The standard InChI is InChI=1S/C29H28N6O3S/c1-2-20-9-3-4-12-23(20)31-26(36)15-18-34-28(27(32-29(34)39)24-13-5-6-16-30-24)25-14-8-17-33(25)21-10-7-11-22(19-21)35(37)38/h3-14,16-17,19,27-28H,2,15,18H2,1H3,(H,31,36)(H,32,39). The number of nitrogens with zero attached hydrogens (tertiary/aromatic N) is 4. The van der Waals surface area contributed by atoms with Crippen LogP contribution in [0.5, 0.6) is 0 Å². The molecule has 198 valence electrons. The maximum atomic E-state index is 13.0. The molecular weight excluding hydrogens is 512 g/mol. The van der Waals surface area contributed by atoms with Crippen molar-refractivity contribution in [3.8, 4) is 5.69 Å². The Morgan fingerprint density at radius 1 is 1.10 bits per heavy atom. The van der Waals surface area contributed by atoms with Crippen LogP contribution in [0.1, 0.15) is 42.4 Å². The minimum atomic E-state index is -0.406. The van der Waals surface area contributed by atoms with Gasteiger partial charge in [0.2, 0.25) is 5.91 Å². The smallest absolute Gasteiger partial charge is 0.271 e. The van der Waals surface area contributed by atoms with Gasteiger partial charge in [-0.05, 0) is 60.6 Å². The number of hydrogen-bond acceptors (Lipinski definition) is 5. The van der Waals surface area contributed by atoms with Crippen LogP contribution in [-0.4, -0.2) is 36.9 Å². The van der Waals surface area contributed by atoms with Gasteiger partial charge in [0.05, 0.1) is 28.4 Å². The lowest BCUT2D eigenvalue weighted by Crippen LogP contribution is -2.33. The topological polar surface area (TPSA) is 105 Å². The Morgan fingerprint density at radius 3 is 2.69 bits per heavy atom.